The van der Waals surface area contributed by atoms with Crippen LogP contribution in [-0.4, -0.2) is 40.3 Å². The molecule has 0 radical (unpaired) electrons. The molecule has 1 aliphatic rings. The van der Waals surface area contributed by atoms with E-state index < -0.39 is 0 Å². The van der Waals surface area contributed by atoms with Crippen molar-refractivity contribution in [2.75, 3.05) is 13.1 Å². The Balaban J connectivity index is 2.05. The van der Waals surface area contributed by atoms with Crippen molar-refractivity contribution < 1.29 is 14.4 Å². The number of hydrogen-bond acceptors (Lipinski definition) is 4. The molecule has 0 bridgehead atoms. The summed E-state index contributed by atoms with van der Waals surface area (Å²) in [5, 5.41) is 13.8. The molecule has 2 atom stereocenters. The maximum absolute atomic E-state index is 12.5. The Morgan fingerprint density at radius 2 is 2.24 bits per heavy atom. The Bertz CT molecular complexity index is 460. The lowest BCUT2D eigenvalue weighted by Gasteiger charge is -2.34. The number of carbonyl (C=O) groups is 1. The van der Waals surface area contributed by atoms with Crippen LogP contribution in [0, 0.1) is 5.92 Å². The number of rotatable bonds is 5. The number of hydrogen-bond donors (Lipinski definition) is 1. The lowest BCUT2D eigenvalue weighted by atomic mass is 9.93. The smallest absolute Gasteiger partial charge is 0.227 e. The molecule has 21 heavy (non-hydrogen) atoms. The highest BCUT2D eigenvalue weighted by atomic mass is 16.5. The van der Waals surface area contributed by atoms with Crippen LogP contribution in [0.25, 0.3) is 0 Å². The number of aromatic nitrogens is 1. The fourth-order valence-electron chi connectivity index (χ4n) is 3.03. The number of nitrogens with zero attached hydrogens (tertiary/aromatic N) is 2. The molecule has 118 valence electrons. The zero-order valence-electron chi connectivity index (χ0n) is 13.3. The summed E-state index contributed by atoms with van der Waals surface area (Å²) in [5.41, 5.74) is 1.86. The van der Waals surface area contributed by atoms with Gasteiger partial charge in [-0.2, -0.15) is 0 Å². The molecule has 1 amide bonds. The lowest BCUT2D eigenvalue weighted by molar-refractivity contribution is -0.133. The number of aliphatic hydroxyl groups excluding tert-OH is 1. The summed E-state index contributed by atoms with van der Waals surface area (Å²) in [6.45, 7) is 7.29. The molecule has 5 heteroatoms. The molecule has 1 fully saturated rings. The highest BCUT2D eigenvalue weighted by Crippen LogP contribution is 2.22. The van der Waals surface area contributed by atoms with Crippen LogP contribution in [0.15, 0.2) is 4.52 Å². The van der Waals surface area contributed by atoms with Crippen molar-refractivity contribution in [3.05, 3.63) is 17.0 Å². The second-order valence-electron chi connectivity index (χ2n) is 5.90. The van der Waals surface area contributed by atoms with Crippen molar-refractivity contribution >= 4 is 5.91 Å². The van der Waals surface area contributed by atoms with E-state index >= 15 is 0 Å². The maximum atomic E-state index is 12.5. The maximum Gasteiger partial charge on any atom is 0.227 e. The standard InChI is InChI=1S/C16H26N2O3/c1-4-14-13(15(5-2)21-17-14)9-16(20)18-8-6-7-12(10-18)11(3)19/h11-12,19H,4-10H2,1-3H3. The van der Waals surface area contributed by atoms with Crippen molar-refractivity contribution in [3.63, 3.8) is 0 Å². The largest absolute Gasteiger partial charge is 0.393 e. The summed E-state index contributed by atoms with van der Waals surface area (Å²) in [4.78, 5) is 14.4. The Labute approximate surface area is 126 Å². The normalized spacial score (nSPS) is 20.6. The summed E-state index contributed by atoms with van der Waals surface area (Å²) in [5.74, 6) is 1.14. The Morgan fingerprint density at radius 3 is 2.86 bits per heavy atom. The number of carbonyl (C=O) groups excluding carboxylic acids is 1. The fourth-order valence-corrected chi connectivity index (χ4v) is 3.03. The van der Waals surface area contributed by atoms with Gasteiger partial charge in [-0.3, -0.25) is 4.79 Å². The monoisotopic (exact) mass is 294 g/mol. The first-order chi connectivity index (χ1) is 10.1. The summed E-state index contributed by atoms with van der Waals surface area (Å²) in [6, 6.07) is 0. The first-order valence-corrected chi connectivity index (χ1v) is 7.98. The van der Waals surface area contributed by atoms with Crippen LogP contribution in [0.1, 0.15) is 50.6 Å². The Hall–Kier alpha value is -1.36. The number of amides is 1. The summed E-state index contributed by atoms with van der Waals surface area (Å²) < 4.78 is 5.32. The van der Waals surface area contributed by atoms with E-state index in [-0.39, 0.29) is 17.9 Å². The van der Waals surface area contributed by atoms with E-state index in [1.807, 2.05) is 25.7 Å². The van der Waals surface area contributed by atoms with Crippen molar-refractivity contribution in [1.82, 2.24) is 10.1 Å². The van der Waals surface area contributed by atoms with E-state index in [0.29, 0.717) is 13.0 Å². The zero-order valence-corrected chi connectivity index (χ0v) is 13.3. The van der Waals surface area contributed by atoms with Crippen molar-refractivity contribution in [1.29, 1.82) is 0 Å². The van der Waals surface area contributed by atoms with Gasteiger partial charge < -0.3 is 14.5 Å². The molecular formula is C16H26N2O3. The van der Waals surface area contributed by atoms with Crippen LogP contribution in [0.2, 0.25) is 0 Å². The van der Waals surface area contributed by atoms with Gasteiger partial charge in [0.2, 0.25) is 5.91 Å². The van der Waals surface area contributed by atoms with Gasteiger partial charge in [0.15, 0.2) is 0 Å². The third-order valence-corrected chi connectivity index (χ3v) is 4.43. The van der Waals surface area contributed by atoms with Gasteiger partial charge >= 0.3 is 0 Å². The summed E-state index contributed by atoms with van der Waals surface area (Å²) in [6.07, 6.45) is 3.51. The number of aryl methyl sites for hydroxylation is 2. The van der Waals surface area contributed by atoms with E-state index in [1.54, 1.807) is 0 Å². The SMILES string of the molecule is CCc1noc(CC)c1CC(=O)N1CCCC(C(C)O)C1. The highest BCUT2D eigenvalue weighted by molar-refractivity contribution is 5.79. The average Bonchev–Trinajstić information content (AvgIpc) is 2.89. The molecule has 1 N–H and O–H groups in total. The molecule has 2 unspecified atom stereocenters. The van der Waals surface area contributed by atoms with Gasteiger partial charge in [-0.05, 0) is 26.2 Å². The first kappa shape index (κ1) is 16.0. The lowest BCUT2D eigenvalue weighted by Crippen LogP contribution is -2.43. The van der Waals surface area contributed by atoms with Gasteiger partial charge in [-0.15, -0.1) is 0 Å². The Kier molecular flexibility index (Phi) is 5.39. The predicted octanol–water partition coefficient (Wildman–Crippen LogP) is 1.96. The zero-order chi connectivity index (χ0) is 15.4. The molecule has 0 aliphatic carbocycles. The van der Waals surface area contributed by atoms with Gasteiger partial charge in [-0.1, -0.05) is 19.0 Å². The van der Waals surface area contributed by atoms with Crippen LogP contribution in [0.5, 0.6) is 0 Å². The molecular weight excluding hydrogens is 268 g/mol. The van der Waals surface area contributed by atoms with Crippen LogP contribution >= 0.6 is 0 Å². The van der Waals surface area contributed by atoms with E-state index in [2.05, 4.69) is 5.16 Å². The molecule has 0 aromatic carbocycles. The molecule has 1 aliphatic heterocycles. The first-order valence-electron chi connectivity index (χ1n) is 7.98. The molecule has 0 saturated carbocycles. The van der Waals surface area contributed by atoms with Crippen LogP contribution in [0.4, 0.5) is 0 Å². The minimum absolute atomic E-state index is 0.118. The van der Waals surface area contributed by atoms with E-state index in [4.69, 9.17) is 4.52 Å². The molecule has 2 rings (SSSR count). The summed E-state index contributed by atoms with van der Waals surface area (Å²) >= 11 is 0. The molecule has 5 nitrogen and oxygen atoms in total. The van der Waals surface area contributed by atoms with E-state index in [0.717, 1.165) is 49.2 Å². The third-order valence-electron chi connectivity index (χ3n) is 4.43. The number of aliphatic hydroxyl groups is 1. The molecule has 1 aromatic rings. The van der Waals surface area contributed by atoms with Gasteiger partial charge in [0.05, 0.1) is 18.2 Å². The highest BCUT2D eigenvalue weighted by Gasteiger charge is 2.27. The van der Waals surface area contributed by atoms with Crippen LogP contribution < -0.4 is 0 Å². The van der Waals surface area contributed by atoms with Gasteiger partial charge in [0.25, 0.3) is 0 Å². The van der Waals surface area contributed by atoms with Crippen molar-refractivity contribution in [3.8, 4) is 0 Å². The third kappa shape index (κ3) is 3.64. The minimum atomic E-state index is -0.353. The molecule has 1 saturated heterocycles. The quantitative estimate of drug-likeness (QED) is 0.901. The predicted molar refractivity (Wildman–Crippen MR) is 79.9 cm³/mol. The van der Waals surface area contributed by atoms with Crippen molar-refractivity contribution in [2.24, 2.45) is 5.92 Å². The van der Waals surface area contributed by atoms with Crippen LogP contribution in [-0.2, 0) is 24.1 Å². The molecule has 1 aromatic heterocycles. The Morgan fingerprint density at radius 1 is 1.48 bits per heavy atom. The van der Waals surface area contributed by atoms with E-state index in [1.165, 1.54) is 0 Å². The van der Waals surface area contributed by atoms with Gasteiger partial charge in [-0.25, -0.2) is 0 Å². The second-order valence-corrected chi connectivity index (χ2v) is 5.90. The topological polar surface area (TPSA) is 66.6 Å². The summed E-state index contributed by atoms with van der Waals surface area (Å²) in [7, 11) is 0. The fraction of sp³-hybridized carbons (Fsp3) is 0.750. The van der Waals surface area contributed by atoms with E-state index in [9.17, 15) is 9.90 Å². The average molecular weight is 294 g/mol. The number of likely N-dealkylation sites (tertiary alicyclic amines) is 1. The van der Waals surface area contributed by atoms with Crippen molar-refractivity contribution in [2.45, 2.75) is 59.0 Å². The van der Waals surface area contributed by atoms with Gasteiger partial charge in [0.1, 0.15) is 5.76 Å². The second kappa shape index (κ2) is 7.07. The molecule has 2 heterocycles. The van der Waals surface area contributed by atoms with Gasteiger partial charge in [0, 0.05) is 31.0 Å². The van der Waals surface area contributed by atoms with Crippen LogP contribution in [0.3, 0.4) is 0 Å². The minimum Gasteiger partial charge on any atom is -0.393 e. The number of piperidine rings is 1. The molecule has 0 spiro atoms.